The van der Waals surface area contributed by atoms with Crippen LogP contribution in [0.25, 0.3) is 6.08 Å². The van der Waals surface area contributed by atoms with Gasteiger partial charge in [-0.25, -0.2) is 4.39 Å². The summed E-state index contributed by atoms with van der Waals surface area (Å²) >= 11 is 1.40. The molecule has 0 saturated carbocycles. The molecule has 0 aliphatic heterocycles. The van der Waals surface area contributed by atoms with Crippen molar-refractivity contribution in [3.8, 4) is 0 Å². The standard InChI is InChI=1S/C39H34FN3O3S/c1-26(2)28-15-19-32(20-16-28)42-39(46)36(29-9-5-3-6-10-29)47-34-23-21-33(22-24-34)41-38(45)35(25-27-13-17-31(40)18-14-27)43-37(44)30-11-7-4-8-12-30/h3-26,36H,1-2H3,(H,41,45)(H,42,46)(H,43,44)/b35-25-. The number of rotatable bonds is 11. The van der Waals surface area contributed by atoms with E-state index in [0.29, 0.717) is 22.7 Å². The van der Waals surface area contributed by atoms with Gasteiger partial charge in [0.25, 0.3) is 11.8 Å². The summed E-state index contributed by atoms with van der Waals surface area (Å²) < 4.78 is 13.5. The molecule has 0 spiro atoms. The van der Waals surface area contributed by atoms with Gasteiger partial charge in [0, 0.05) is 21.8 Å². The molecule has 0 saturated heterocycles. The third-order valence-electron chi connectivity index (χ3n) is 7.26. The lowest BCUT2D eigenvalue weighted by atomic mass is 10.0. The van der Waals surface area contributed by atoms with Gasteiger partial charge in [0.2, 0.25) is 5.91 Å². The minimum absolute atomic E-state index is 0.00819. The summed E-state index contributed by atoms with van der Waals surface area (Å²) in [7, 11) is 0. The first-order chi connectivity index (χ1) is 22.7. The van der Waals surface area contributed by atoms with Crippen molar-refractivity contribution in [1.29, 1.82) is 0 Å². The number of carbonyl (C=O) groups excluding carboxylic acids is 3. The molecule has 47 heavy (non-hydrogen) atoms. The highest BCUT2D eigenvalue weighted by atomic mass is 32.2. The van der Waals surface area contributed by atoms with Crippen LogP contribution < -0.4 is 16.0 Å². The van der Waals surface area contributed by atoms with Crippen molar-refractivity contribution in [2.45, 2.75) is 29.9 Å². The van der Waals surface area contributed by atoms with E-state index in [4.69, 9.17) is 0 Å². The predicted molar refractivity (Wildman–Crippen MR) is 188 cm³/mol. The van der Waals surface area contributed by atoms with Crippen LogP contribution in [0.2, 0.25) is 0 Å². The van der Waals surface area contributed by atoms with Crippen LogP contribution in [0.1, 0.15) is 52.1 Å². The van der Waals surface area contributed by atoms with Crippen LogP contribution in [0.3, 0.4) is 0 Å². The summed E-state index contributed by atoms with van der Waals surface area (Å²) in [4.78, 5) is 40.7. The fourth-order valence-corrected chi connectivity index (χ4v) is 5.70. The van der Waals surface area contributed by atoms with Gasteiger partial charge < -0.3 is 16.0 Å². The summed E-state index contributed by atoms with van der Waals surface area (Å²) in [6.07, 6.45) is 1.49. The Hall–Kier alpha value is -5.47. The third kappa shape index (κ3) is 9.28. The van der Waals surface area contributed by atoms with Crippen LogP contribution in [0.15, 0.2) is 144 Å². The van der Waals surface area contributed by atoms with E-state index in [2.05, 4.69) is 29.8 Å². The highest BCUT2D eigenvalue weighted by molar-refractivity contribution is 8.00. The van der Waals surface area contributed by atoms with Gasteiger partial charge >= 0.3 is 0 Å². The molecule has 0 aromatic heterocycles. The average molecular weight is 644 g/mol. The van der Waals surface area contributed by atoms with Crippen molar-refractivity contribution >= 4 is 46.9 Å². The number of halogens is 1. The van der Waals surface area contributed by atoms with Crippen LogP contribution >= 0.6 is 11.8 Å². The van der Waals surface area contributed by atoms with Gasteiger partial charge in [-0.15, -0.1) is 11.8 Å². The maximum Gasteiger partial charge on any atom is 0.272 e. The Morgan fingerprint density at radius 1 is 0.660 bits per heavy atom. The summed E-state index contributed by atoms with van der Waals surface area (Å²) in [5, 5.41) is 8.03. The highest BCUT2D eigenvalue weighted by Crippen LogP contribution is 2.37. The fourth-order valence-electron chi connectivity index (χ4n) is 4.68. The maximum absolute atomic E-state index is 13.5. The largest absolute Gasteiger partial charge is 0.325 e. The van der Waals surface area contributed by atoms with Gasteiger partial charge in [0.05, 0.1) is 0 Å². The first kappa shape index (κ1) is 32.9. The molecule has 1 atom stereocenters. The van der Waals surface area contributed by atoms with Crippen molar-refractivity contribution in [2.75, 3.05) is 10.6 Å². The maximum atomic E-state index is 13.5. The molecular weight excluding hydrogens is 610 g/mol. The lowest BCUT2D eigenvalue weighted by Crippen LogP contribution is -2.30. The molecule has 6 nitrogen and oxygen atoms in total. The van der Waals surface area contributed by atoms with Crippen LogP contribution in [0.5, 0.6) is 0 Å². The zero-order valence-electron chi connectivity index (χ0n) is 25.9. The van der Waals surface area contributed by atoms with Crippen LogP contribution in [-0.2, 0) is 9.59 Å². The van der Waals surface area contributed by atoms with E-state index in [-0.39, 0.29) is 11.6 Å². The second kappa shape index (κ2) is 15.7. The van der Waals surface area contributed by atoms with Crippen LogP contribution in [-0.4, -0.2) is 17.7 Å². The lowest BCUT2D eigenvalue weighted by Gasteiger charge is -2.18. The van der Waals surface area contributed by atoms with E-state index in [1.54, 1.807) is 42.5 Å². The first-order valence-electron chi connectivity index (χ1n) is 15.1. The number of benzene rings is 5. The van der Waals surface area contributed by atoms with E-state index in [9.17, 15) is 18.8 Å². The van der Waals surface area contributed by atoms with E-state index >= 15 is 0 Å². The van der Waals surface area contributed by atoms with E-state index in [0.717, 1.165) is 16.1 Å². The molecule has 8 heteroatoms. The molecule has 3 N–H and O–H groups in total. The van der Waals surface area contributed by atoms with Crippen molar-refractivity contribution in [2.24, 2.45) is 0 Å². The Labute approximate surface area is 278 Å². The average Bonchev–Trinajstić information content (AvgIpc) is 3.09. The minimum Gasteiger partial charge on any atom is -0.325 e. The Kier molecular flexibility index (Phi) is 11.0. The molecule has 1 unspecified atom stereocenters. The summed E-state index contributed by atoms with van der Waals surface area (Å²) in [6, 6.07) is 38.7. The second-order valence-electron chi connectivity index (χ2n) is 11.1. The number of amides is 3. The van der Waals surface area contributed by atoms with Gasteiger partial charge in [-0.3, -0.25) is 14.4 Å². The Balaban J connectivity index is 1.31. The molecular formula is C39H34FN3O3S. The Morgan fingerprint density at radius 3 is 1.85 bits per heavy atom. The zero-order valence-corrected chi connectivity index (χ0v) is 26.8. The summed E-state index contributed by atoms with van der Waals surface area (Å²) in [5.74, 6) is -1.18. The van der Waals surface area contributed by atoms with Gasteiger partial charge in [0.15, 0.2) is 0 Å². The zero-order chi connectivity index (χ0) is 33.2. The number of anilines is 2. The van der Waals surface area contributed by atoms with Crippen molar-refractivity contribution in [3.63, 3.8) is 0 Å². The lowest BCUT2D eigenvalue weighted by molar-refractivity contribution is -0.116. The van der Waals surface area contributed by atoms with Gasteiger partial charge in [-0.1, -0.05) is 86.6 Å². The molecule has 0 aliphatic carbocycles. The number of thioether (sulfide) groups is 1. The topological polar surface area (TPSA) is 87.3 Å². The smallest absolute Gasteiger partial charge is 0.272 e. The normalized spacial score (nSPS) is 11.9. The second-order valence-corrected chi connectivity index (χ2v) is 12.3. The molecule has 0 aliphatic rings. The van der Waals surface area contributed by atoms with E-state index in [1.807, 2.05) is 66.7 Å². The summed E-state index contributed by atoms with van der Waals surface area (Å²) in [6.45, 7) is 4.25. The van der Waals surface area contributed by atoms with Crippen LogP contribution in [0, 0.1) is 5.82 Å². The molecule has 0 fully saturated rings. The highest BCUT2D eigenvalue weighted by Gasteiger charge is 2.23. The number of carbonyl (C=O) groups is 3. The number of hydrogen-bond acceptors (Lipinski definition) is 4. The number of nitrogens with one attached hydrogen (secondary N) is 3. The number of hydrogen-bond donors (Lipinski definition) is 3. The molecule has 5 aromatic carbocycles. The van der Waals surface area contributed by atoms with Gasteiger partial charge in [-0.2, -0.15) is 0 Å². The van der Waals surface area contributed by atoms with Crippen LogP contribution in [0.4, 0.5) is 15.8 Å². The molecule has 3 amide bonds. The first-order valence-corrected chi connectivity index (χ1v) is 16.0. The third-order valence-corrected chi connectivity index (χ3v) is 8.53. The van der Waals surface area contributed by atoms with Crippen molar-refractivity contribution in [1.82, 2.24) is 5.32 Å². The molecule has 5 aromatic rings. The SMILES string of the molecule is CC(C)c1ccc(NC(=O)C(Sc2ccc(NC(=O)/C(=C/c3ccc(F)cc3)NC(=O)c3ccccc3)cc2)c2ccccc2)cc1. The molecule has 0 bridgehead atoms. The predicted octanol–water partition coefficient (Wildman–Crippen LogP) is 8.83. The van der Waals surface area contributed by atoms with Gasteiger partial charge in [-0.05, 0) is 89.3 Å². The molecule has 5 rings (SSSR count). The Bertz CT molecular complexity index is 1840. The fraction of sp³-hybridized carbons (Fsp3) is 0.103. The van der Waals surface area contributed by atoms with Crippen molar-refractivity contribution in [3.05, 3.63) is 167 Å². The summed E-state index contributed by atoms with van der Waals surface area (Å²) in [5.41, 5.74) is 4.18. The van der Waals surface area contributed by atoms with Gasteiger partial charge in [0.1, 0.15) is 16.8 Å². The quantitative estimate of drug-likeness (QED) is 0.0992. The van der Waals surface area contributed by atoms with E-state index < -0.39 is 22.9 Å². The molecule has 0 radical (unpaired) electrons. The minimum atomic E-state index is -0.552. The molecule has 0 heterocycles. The monoisotopic (exact) mass is 643 g/mol. The molecule has 236 valence electrons. The van der Waals surface area contributed by atoms with Crippen molar-refractivity contribution < 1.29 is 18.8 Å². The Morgan fingerprint density at radius 2 is 1.23 bits per heavy atom. The van der Waals surface area contributed by atoms with E-state index in [1.165, 1.54) is 47.7 Å².